The van der Waals surface area contributed by atoms with Crippen LogP contribution in [0.4, 0.5) is 0 Å². The molecule has 0 saturated heterocycles. The summed E-state index contributed by atoms with van der Waals surface area (Å²) in [5.74, 6) is 0. The molecule has 1 aromatic carbocycles. The highest BCUT2D eigenvalue weighted by atomic mass is 32.2. The van der Waals surface area contributed by atoms with Crippen molar-refractivity contribution in [1.82, 2.24) is 15.0 Å². The third-order valence-electron chi connectivity index (χ3n) is 2.55. The summed E-state index contributed by atoms with van der Waals surface area (Å²) in [4.78, 5) is 0.0337. The zero-order valence-corrected chi connectivity index (χ0v) is 10.4. The SMILES string of the molecule is Cc1c(CO)nnn1-c1ccc(S(N)(=O)=O)cc1. The van der Waals surface area contributed by atoms with Gasteiger partial charge in [-0.25, -0.2) is 18.2 Å². The van der Waals surface area contributed by atoms with E-state index < -0.39 is 10.0 Å². The van der Waals surface area contributed by atoms with Gasteiger partial charge in [0.1, 0.15) is 5.69 Å². The molecule has 96 valence electrons. The van der Waals surface area contributed by atoms with Crippen LogP contribution in [-0.4, -0.2) is 28.5 Å². The van der Waals surface area contributed by atoms with Crippen molar-refractivity contribution >= 4 is 10.0 Å². The molecule has 0 aliphatic heterocycles. The summed E-state index contributed by atoms with van der Waals surface area (Å²) in [6.07, 6.45) is 0. The molecule has 0 bridgehead atoms. The molecule has 0 amide bonds. The van der Waals surface area contributed by atoms with Gasteiger partial charge in [0.15, 0.2) is 0 Å². The predicted octanol–water partition coefficient (Wildman–Crippen LogP) is -0.285. The van der Waals surface area contributed by atoms with Crippen molar-refractivity contribution in [3.8, 4) is 5.69 Å². The Hall–Kier alpha value is -1.77. The third kappa shape index (κ3) is 2.26. The zero-order chi connectivity index (χ0) is 13.3. The number of aromatic nitrogens is 3. The van der Waals surface area contributed by atoms with E-state index in [1.165, 1.54) is 16.8 Å². The van der Waals surface area contributed by atoms with Crippen LogP contribution in [0.3, 0.4) is 0 Å². The molecule has 3 N–H and O–H groups in total. The monoisotopic (exact) mass is 268 g/mol. The van der Waals surface area contributed by atoms with E-state index in [9.17, 15) is 8.42 Å². The molecule has 1 heterocycles. The lowest BCUT2D eigenvalue weighted by molar-refractivity contribution is 0.276. The summed E-state index contributed by atoms with van der Waals surface area (Å²) in [5, 5.41) is 21.7. The first kappa shape index (κ1) is 12.7. The molecule has 2 rings (SSSR count). The smallest absolute Gasteiger partial charge is 0.238 e. The van der Waals surface area contributed by atoms with Crippen LogP contribution in [0.1, 0.15) is 11.4 Å². The fraction of sp³-hybridized carbons (Fsp3) is 0.200. The maximum Gasteiger partial charge on any atom is 0.238 e. The normalized spacial score (nSPS) is 11.7. The van der Waals surface area contributed by atoms with E-state index >= 15 is 0 Å². The topological polar surface area (TPSA) is 111 Å². The summed E-state index contributed by atoms with van der Waals surface area (Å²) < 4.78 is 23.7. The minimum atomic E-state index is -3.70. The van der Waals surface area contributed by atoms with Crippen molar-refractivity contribution in [3.05, 3.63) is 35.7 Å². The van der Waals surface area contributed by atoms with Gasteiger partial charge in [-0.3, -0.25) is 0 Å². The van der Waals surface area contributed by atoms with Crippen molar-refractivity contribution in [2.24, 2.45) is 5.14 Å². The van der Waals surface area contributed by atoms with Crippen LogP contribution < -0.4 is 5.14 Å². The van der Waals surface area contributed by atoms with Crippen LogP contribution in [0.2, 0.25) is 0 Å². The number of hydrogen-bond donors (Lipinski definition) is 2. The number of sulfonamides is 1. The number of nitrogens with two attached hydrogens (primary N) is 1. The number of aliphatic hydroxyl groups excluding tert-OH is 1. The highest BCUT2D eigenvalue weighted by Crippen LogP contribution is 2.14. The first-order valence-electron chi connectivity index (χ1n) is 5.09. The Morgan fingerprint density at radius 2 is 1.94 bits per heavy atom. The molecule has 7 nitrogen and oxygen atoms in total. The standard InChI is InChI=1S/C10H12N4O3S/c1-7-10(6-15)12-13-14(7)8-2-4-9(5-3-8)18(11,16)17/h2-5,15H,6H2,1H3,(H2,11,16,17). The molecule has 0 spiro atoms. The minimum absolute atomic E-state index is 0.0337. The van der Waals surface area contributed by atoms with Crippen molar-refractivity contribution in [3.63, 3.8) is 0 Å². The summed E-state index contributed by atoms with van der Waals surface area (Å²) in [7, 11) is -3.70. The maximum absolute atomic E-state index is 11.1. The molecule has 0 aliphatic carbocycles. The Balaban J connectivity index is 2.43. The number of aliphatic hydroxyl groups is 1. The molecule has 0 fully saturated rings. The third-order valence-corrected chi connectivity index (χ3v) is 3.48. The summed E-state index contributed by atoms with van der Waals surface area (Å²) in [6.45, 7) is 1.57. The van der Waals surface area contributed by atoms with Gasteiger partial charge in [-0.15, -0.1) is 5.10 Å². The van der Waals surface area contributed by atoms with Gasteiger partial charge in [0.05, 0.1) is 22.9 Å². The fourth-order valence-corrected chi connectivity index (χ4v) is 2.04. The Labute approximate surface area is 104 Å². The Morgan fingerprint density at radius 1 is 1.33 bits per heavy atom. The highest BCUT2D eigenvalue weighted by Gasteiger charge is 2.11. The van der Waals surface area contributed by atoms with E-state index in [0.717, 1.165) is 0 Å². The van der Waals surface area contributed by atoms with Crippen molar-refractivity contribution in [2.75, 3.05) is 0 Å². The Kier molecular flexibility index (Phi) is 3.16. The van der Waals surface area contributed by atoms with Crippen molar-refractivity contribution < 1.29 is 13.5 Å². The van der Waals surface area contributed by atoms with Gasteiger partial charge < -0.3 is 5.11 Å². The molecular weight excluding hydrogens is 256 g/mol. The second kappa shape index (κ2) is 4.48. The molecule has 8 heteroatoms. The maximum atomic E-state index is 11.1. The first-order chi connectivity index (χ1) is 8.43. The summed E-state index contributed by atoms with van der Waals surface area (Å²) in [6, 6.07) is 5.93. The van der Waals surface area contributed by atoms with Gasteiger partial charge in [0.25, 0.3) is 0 Å². The van der Waals surface area contributed by atoms with Crippen LogP contribution in [0, 0.1) is 6.92 Å². The molecule has 0 radical (unpaired) electrons. The predicted molar refractivity (Wildman–Crippen MR) is 63.4 cm³/mol. The van der Waals surface area contributed by atoms with Crippen LogP contribution in [0.5, 0.6) is 0 Å². The molecule has 1 aromatic heterocycles. The van der Waals surface area contributed by atoms with Crippen LogP contribution in [0.15, 0.2) is 29.2 Å². The molecule has 2 aromatic rings. The highest BCUT2D eigenvalue weighted by molar-refractivity contribution is 7.89. The molecular formula is C10H12N4O3S. The number of rotatable bonds is 3. The van der Waals surface area contributed by atoms with Gasteiger partial charge in [0, 0.05) is 0 Å². The quantitative estimate of drug-likeness (QED) is 0.795. The number of benzene rings is 1. The molecule has 0 aliphatic rings. The van der Waals surface area contributed by atoms with E-state index in [2.05, 4.69) is 10.3 Å². The lowest BCUT2D eigenvalue weighted by Gasteiger charge is -2.04. The lowest BCUT2D eigenvalue weighted by Crippen LogP contribution is -2.12. The minimum Gasteiger partial charge on any atom is -0.390 e. The Morgan fingerprint density at radius 3 is 2.39 bits per heavy atom. The van der Waals surface area contributed by atoms with Gasteiger partial charge in [-0.2, -0.15) is 0 Å². The second-order valence-corrected chi connectivity index (χ2v) is 5.29. The molecule has 0 atom stereocenters. The van der Waals surface area contributed by atoms with E-state index in [-0.39, 0.29) is 11.5 Å². The molecule has 18 heavy (non-hydrogen) atoms. The van der Waals surface area contributed by atoms with Crippen molar-refractivity contribution in [1.29, 1.82) is 0 Å². The van der Waals surface area contributed by atoms with Gasteiger partial charge in [0.2, 0.25) is 10.0 Å². The average Bonchev–Trinajstić information content (AvgIpc) is 2.69. The molecule has 0 unspecified atom stereocenters. The van der Waals surface area contributed by atoms with Gasteiger partial charge in [-0.1, -0.05) is 5.21 Å². The largest absolute Gasteiger partial charge is 0.390 e. The molecule has 0 saturated carbocycles. The van der Waals surface area contributed by atoms with Crippen LogP contribution in [-0.2, 0) is 16.6 Å². The summed E-state index contributed by atoms with van der Waals surface area (Å²) >= 11 is 0. The van der Waals surface area contributed by atoms with E-state index in [0.29, 0.717) is 17.1 Å². The first-order valence-corrected chi connectivity index (χ1v) is 6.63. The zero-order valence-electron chi connectivity index (χ0n) is 9.61. The Bertz CT molecular complexity index is 661. The number of hydrogen-bond acceptors (Lipinski definition) is 5. The van der Waals surface area contributed by atoms with Gasteiger partial charge >= 0.3 is 0 Å². The van der Waals surface area contributed by atoms with E-state index in [1.54, 1.807) is 19.1 Å². The van der Waals surface area contributed by atoms with Crippen LogP contribution >= 0.6 is 0 Å². The van der Waals surface area contributed by atoms with E-state index in [4.69, 9.17) is 10.2 Å². The van der Waals surface area contributed by atoms with Gasteiger partial charge in [-0.05, 0) is 31.2 Å². The fourth-order valence-electron chi connectivity index (χ4n) is 1.53. The van der Waals surface area contributed by atoms with Crippen LogP contribution in [0.25, 0.3) is 5.69 Å². The van der Waals surface area contributed by atoms with E-state index in [1.807, 2.05) is 0 Å². The second-order valence-electron chi connectivity index (χ2n) is 3.73. The van der Waals surface area contributed by atoms with Crippen molar-refractivity contribution in [2.45, 2.75) is 18.4 Å². The number of primary sulfonamides is 1. The number of nitrogens with zero attached hydrogens (tertiary/aromatic N) is 3. The average molecular weight is 268 g/mol. The summed E-state index contributed by atoms with van der Waals surface area (Å²) in [5.41, 5.74) is 1.82. The lowest BCUT2D eigenvalue weighted by atomic mass is 10.3.